The molecule has 0 aromatic carbocycles. The zero-order chi connectivity index (χ0) is 27.0. The van der Waals surface area contributed by atoms with E-state index < -0.39 is 37.3 Å². The molecule has 0 bridgehead atoms. The van der Waals surface area contributed by atoms with Crippen molar-refractivity contribution in [3.63, 3.8) is 0 Å². The second-order valence-electron chi connectivity index (χ2n) is 13.8. The molecule has 38 heavy (non-hydrogen) atoms. The predicted molar refractivity (Wildman–Crippen MR) is 137 cm³/mol. The highest BCUT2D eigenvalue weighted by Gasteiger charge is 2.61. The number of carbonyl (C=O) groups excluding carboxylic acids is 1. The summed E-state index contributed by atoms with van der Waals surface area (Å²) in [6.45, 7) is 6.57. The molecular weight excluding hydrogens is 488 g/mol. The normalized spacial score (nSPS) is 54.5. The van der Waals surface area contributed by atoms with Crippen molar-refractivity contribution < 1.29 is 39.4 Å². The summed E-state index contributed by atoms with van der Waals surface area (Å²) in [5.41, 5.74) is 1.72. The molecule has 8 nitrogen and oxygen atoms in total. The van der Waals surface area contributed by atoms with Gasteiger partial charge in [-0.2, -0.15) is 0 Å². The molecule has 14 atom stereocenters. The van der Waals surface area contributed by atoms with Gasteiger partial charge in [0.25, 0.3) is 0 Å². The van der Waals surface area contributed by atoms with Gasteiger partial charge in [0.1, 0.15) is 30.5 Å². The lowest BCUT2D eigenvalue weighted by atomic mass is 9.44. The Morgan fingerprint density at radius 1 is 0.947 bits per heavy atom. The van der Waals surface area contributed by atoms with Gasteiger partial charge in [-0.3, -0.25) is 0 Å². The summed E-state index contributed by atoms with van der Waals surface area (Å²) in [6.07, 6.45) is 5.58. The van der Waals surface area contributed by atoms with Crippen LogP contribution in [-0.2, 0) is 19.0 Å². The molecule has 6 aliphatic rings. The summed E-state index contributed by atoms with van der Waals surface area (Å²) in [6, 6.07) is 0. The summed E-state index contributed by atoms with van der Waals surface area (Å²) in [5, 5.41) is 40.2. The molecule has 0 amide bonds. The Bertz CT molecular complexity index is 951. The number of aliphatic hydroxyl groups excluding tert-OH is 4. The SMILES string of the molecule is C[C@@H]1OC(=O)C=C1[C@H]1CC[C@H]2[C@@H]3CC[C@@H]4C[C@@H](OC5O[C@H](CO)[C@@H](O)[C@H](O)[C@H]5O)CC[C@]4(C)[C@H]3CC[C@]12C. The van der Waals surface area contributed by atoms with Gasteiger partial charge in [-0.25, -0.2) is 4.79 Å². The minimum absolute atomic E-state index is 0.0795. The van der Waals surface area contributed by atoms with Gasteiger partial charge in [0.15, 0.2) is 6.29 Å². The van der Waals surface area contributed by atoms with Gasteiger partial charge in [0.2, 0.25) is 0 Å². The van der Waals surface area contributed by atoms with Crippen molar-refractivity contribution in [2.75, 3.05) is 6.61 Å². The summed E-state index contributed by atoms with van der Waals surface area (Å²) in [5.74, 6) is 2.91. The van der Waals surface area contributed by atoms with Crippen LogP contribution in [0.4, 0.5) is 0 Å². The van der Waals surface area contributed by atoms with Gasteiger partial charge in [-0.1, -0.05) is 13.8 Å². The van der Waals surface area contributed by atoms with Gasteiger partial charge < -0.3 is 34.6 Å². The third-order valence-electron chi connectivity index (χ3n) is 12.2. The van der Waals surface area contributed by atoms with Crippen molar-refractivity contribution in [1.29, 1.82) is 0 Å². The summed E-state index contributed by atoms with van der Waals surface area (Å²) in [7, 11) is 0. The van der Waals surface area contributed by atoms with E-state index in [1.807, 2.05) is 6.92 Å². The smallest absolute Gasteiger partial charge is 0.331 e. The second kappa shape index (κ2) is 9.81. The molecule has 4 saturated carbocycles. The van der Waals surface area contributed by atoms with Gasteiger partial charge in [-0.15, -0.1) is 0 Å². The standard InChI is InChI=1S/C30H46O8/c1-15-19(13-24(32)36-15)21-7-6-20-18-5-4-16-12-17(8-10-29(16,2)22(18)9-11-30(20,21)3)37-28-27(35)26(34)25(33)23(14-31)38-28/h13,15-18,20-23,25-28,31,33-35H,4-12,14H2,1-3H3/t15-,16+,17-,18-,20-,21+,22-,23+,25+,26-,27+,28?,29-,30-/m0/s1. The van der Waals surface area contributed by atoms with E-state index in [1.165, 1.54) is 37.7 Å². The minimum atomic E-state index is -1.41. The molecule has 0 spiro atoms. The van der Waals surface area contributed by atoms with Crippen LogP contribution in [0.1, 0.15) is 78.6 Å². The van der Waals surface area contributed by atoms with Crippen molar-refractivity contribution in [1.82, 2.24) is 0 Å². The molecule has 0 radical (unpaired) electrons. The van der Waals surface area contributed by atoms with Crippen molar-refractivity contribution in [2.24, 2.45) is 40.4 Å². The minimum Gasteiger partial charge on any atom is -0.455 e. The van der Waals surface area contributed by atoms with Crippen LogP contribution in [0.15, 0.2) is 11.6 Å². The van der Waals surface area contributed by atoms with E-state index in [4.69, 9.17) is 14.2 Å². The highest BCUT2D eigenvalue weighted by atomic mass is 16.7. The molecule has 2 heterocycles. The van der Waals surface area contributed by atoms with E-state index in [-0.39, 0.29) is 29.0 Å². The van der Waals surface area contributed by atoms with Gasteiger partial charge in [0, 0.05) is 6.08 Å². The Balaban J connectivity index is 1.13. The first-order valence-corrected chi connectivity index (χ1v) is 14.9. The molecule has 214 valence electrons. The molecule has 0 aromatic heterocycles. The van der Waals surface area contributed by atoms with Crippen LogP contribution in [0.2, 0.25) is 0 Å². The van der Waals surface area contributed by atoms with E-state index in [2.05, 4.69) is 13.8 Å². The first-order chi connectivity index (χ1) is 18.1. The van der Waals surface area contributed by atoms with E-state index in [9.17, 15) is 25.2 Å². The number of hydrogen-bond acceptors (Lipinski definition) is 8. The zero-order valence-electron chi connectivity index (χ0n) is 23.0. The Labute approximate surface area is 225 Å². The third-order valence-corrected chi connectivity index (χ3v) is 12.2. The molecule has 0 aromatic rings. The number of aliphatic hydroxyl groups is 4. The molecule has 2 aliphatic heterocycles. The lowest BCUT2D eigenvalue weighted by Crippen LogP contribution is -2.60. The molecule has 6 rings (SSSR count). The third kappa shape index (κ3) is 4.12. The Morgan fingerprint density at radius 3 is 2.39 bits per heavy atom. The van der Waals surface area contributed by atoms with Crippen molar-refractivity contribution in [3.05, 3.63) is 11.6 Å². The number of ether oxygens (including phenoxy) is 3. The molecular formula is C30H46O8. The highest BCUT2D eigenvalue weighted by molar-refractivity contribution is 5.86. The van der Waals surface area contributed by atoms with E-state index in [0.29, 0.717) is 23.7 Å². The number of esters is 1. The maximum atomic E-state index is 12.0. The number of rotatable bonds is 4. The monoisotopic (exact) mass is 534 g/mol. The first kappa shape index (κ1) is 27.2. The Hall–Kier alpha value is -1.03. The number of hydrogen-bond donors (Lipinski definition) is 4. The summed E-state index contributed by atoms with van der Waals surface area (Å²) >= 11 is 0. The lowest BCUT2D eigenvalue weighted by Gasteiger charge is -2.61. The fourth-order valence-corrected chi connectivity index (χ4v) is 10.2. The maximum Gasteiger partial charge on any atom is 0.331 e. The quantitative estimate of drug-likeness (QED) is 0.321. The lowest BCUT2D eigenvalue weighted by molar-refractivity contribution is -0.316. The topological polar surface area (TPSA) is 126 Å². The van der Waals surface area contributed by atoms with Crippen LogP contribution in [0, 0.1) is 40.4 Å². The van der Waals surface area contributed by atoms with Gasteiger partial charge in [0.05, 0.1) is 12.7 Å². The van der Waals surface area contributed by atoms with Crippen molar-refractivity contribution >= 4 is 5.97 Å². The van der Waals surface area contributed by atoms with E-state index in [1.54, 1.807) is 6.08 Å². The molecule has 5 fully saturated rings. The first-order valence-electron chi connectivity index (χ1n) is 14.9. The van der Waals surface area contributed by atoms with E-state index in [0.717, 1.165) is 31.6 Å². The second-order valence-corrected chi connectivity index (χ2v) is 13.8. The van der Waals surface area contributed by atoms with Crippen molar-refractivity contribution in [2.45, 2.75) is 121 Å². The Morgan fingerprint density at radius 2 is 1.68 bits per heavy atom. The molecule has 1 saturated heterocycles. The largest absolute Gasteiger partial charge is 0.455 e. The average Bonchev–Trinajstić information content (AvgIpc) is 3.41. The molecule has 4 aliphatic carbocycles. The van der Waals surface area contributed by atoms with Crippen LogP contribution < -0.4 is 0 Å². The van der Waals surface area contributed by atoms with Crippen LogP contribution in [0.25, 0.3) is 0 Å². The number of carbonyl (C=O) groups is 1. The van der Waals surface area contributed by atoms with Crippen LogP contribution in [0.5, 0.6) is 0 Å². The van der Waals surface area contributed by atoms with Crippen molar-refractivity contribution in [3.8, 4) is 0 Å². The van der Waals surface area contributed by atoms with Crippen LogP contribution in [0.3, 0.4) is 0 Å². The van der Waals surface area contributed by atoms with Crippen LogP contribution in [-0.4, -0.2) is 75.9 Å². The Kier molecular flexibility index (Phi) is 7.01. The summed E-state index contributed by atoms with van der Waals surface area (Å²) in [4.78, 5) is 12.0. The van der Waals surface area contributed by atoms with Gasteiger partial charge >= 0.3 is 5.97 Å². The number of cyclic esters (lactones) is 1. The summed E-state index contributed by atoms with van der Waals surface area (Å²) < 4.78 is 17.3. The number of fused-ring (bicyclic) bond motifs is 5. The zero-order valence-corrected chi connectivity index (χ0v) is 23.0. The molecule has 1 unspecified atom stereocenters. The highest BCUT2D eigenvalue weighted by Crippen LogP contribution is 2.68. The fourth-order valence-electron chi connectivity index (χ4n) is 10.2. The predicted octanol–water partition coefficient (Wildman–Crippen LogP) is 2.70. The van der Waals surface area contributed by atoms with E-state index >= 15 is 0 Å². The maximum absolute atomic E-state index is 12.0. The average molecular weight is 535 g/mol. The van der Waals surface area contributed by atoms with Crippen LogP contribution >= 0.6 is 0 Å². The molecule has 4 N–H and O–H groups in total. The molecule has 8 heteroatoms. The van der Waals surface area contributed by atoms with Gasteiger partial charge in [-0.05, 0) is 111 Å². The fraction of sp³-hybridized carbons (Fsp3) is 0.900.